The number of benzene rings is 1. The van der Waals surface area contributed by atoms with Gasteiger partial charge in [0.05, 0.1) is 24.3 Å². The molecule has 210 valence electrons. The van der Waals surface area contributed by atoms with E-state index in [-0.39, 0.29) is 36.6 Å². The van der Waals surface area contributed by atoms with Gasteiger partial charge in [-0.15, -0.1) is 0 Å². The number of nitrogens with zero attached hydrogens (tertiary/aromatic N) is 3. The number of allylic oxidation sites excluding steroid dienone is 2. The Hall–Kier alpha value is -3.39. The van der Waals surface area contributed by atoms with E-state index in [0.29, 0.717) is 31.0 Å². The van der Waals surface area contributed by atoms with Crippen molar-refractivity contribution in [3.8, 4) is 11.5 Å². The molecule has 8 heteroatoms. The Kier molecular flexibility index (Phi) is 8.95. The molecule has 8 nitrogen and oxygen atoms in total. The molecular formula is C31H41N3O5. The van der Waals surface area contributed by atoms with E-state index in [4.69, 9.17) is 9.47 Å². The number of pyridine rings is 1. The van der Waals surface area contributed by atoms with Gasteiger partial charge in [0.25, 0.3) is 0 Å². The van der Waals surface area contributed by atoms with Gasteiger partial charge in [-0.05, 0) is 61.9 Å². The molecular weight excluding hydrogens is 494 g/mol. The molecule has 3 atom stereocenters. The first kappa shape index (κ1) is 28.6. The summed E-state index contributed by atoms with van der Waals surface area (Å²) in [6.45, 7) is 11.8. The van der Waals surface area contributed by atoms with Gasteiger partial charge in [0.15, 0.2) is 11.5 Å². The number of aromatic nitrogens is 1. The summed E-state index contributed by atoms with van der Waals surface area (Å²) in [4.78, 5) is 34.8. The standard InChI is InChI=1S/C31H41N3O5/c1-6-7-13-34(23-9-8-12-32-17-23)28(35)19-33-18-24(22-10-11-26-27(14-22)39-20-38-26)29(30(36)37)25(33)16-31(4,5)15-21(2)3/h8-12,14-15,17,24-25,29H,6-7,13,16,18-20H2,1-5H3,(H,36,37). The molecule has 1 N–H and O–H groups in total. The number of aliphatic carboxylic acids is 1. The predicted molar refractivity (Wildman–Crippen MR) is 151 cm³/mol. The van der Waals surface area contributed by atoms with E-state index in [1.165, 1.54) is 5.57 Å². The van der Waals surface area contributed by atoms with E-state index >= 15 is 0 Å². The number of fused-ring (bicyclic) bond motifs is 1. The first-order chi connectivity index (χ1) is 18.6. The number of hydrogen-bond donors (Lipinski definition) is 1. The highest BCUT2D eigenvalue weighted by Crippen LogP contribution is 2.45. The zero-order chi connectivity index (χ0) is 28.2. The molecule has 0 bridgehead atoms. The van der Waals surface area contributed by atoms with Crippen LogP contribution in [0.3, 0.4) is 0 Å². The maximum absolute atomic E-state index is 13.8. The number of amides is 1. The predicted octanol–water partition coefficient (Wildman–Crippen LogP) is 5.49. The zero-order valence-electron chi connectivity index (χ0n) is 23.7. The van der Waals surface area contributed by atoms with Crippen LogP contribution in [0.1, 0.15) is 65.4 Å². The van der Waals surface area contributed by atoms with Crippen molar-refractivity contribution in [1.29, 1.82) is 0 Å². The fourth-order valence-electron chi connectivity index (χ4n) is 6.09. The van der Waals surface area contributed by atoms with Crippen LogP contribution in [-0.4, -0.2) is 59.3 Å². The van der Waals surface area contributed by atoms with Crippen molar-refractivity contribution in [3.63, 3.8) is 0 Å². The summed E-state index contributed by atoms with van der Waals surface area (Å²) in [5, 5.41) is 10.5. The van der Waals surface area contributed by atoms with E-state index in [1.807, 2.05) is 30.3 Å². The van der Waals surface area contributed by atoms with Crippen LogP contribution in [0.4, 0.5) is 5.69 Å². The number of carbonyl (C=O) groups is 2. The lowest BCUT2D eigenvalue weighted by Crippen LogP contribution is -2.45. The second kappa shape index (κ2) is 12.2. The van der Waals surface area contributed by atoms with Crippen LogP contribution in [0.2, 0.25) is 0 Å². The summed E-state index contributed by atoms with van der Waals surface area (Å²) < 4.78 is 11.1. The maximum Gasteiger partial charge on any atom is 0.308 e. The minimum atomic E-state index is -0.847. The second-order valence-corrected chi connectivity index (χ2v) is 11.6. The minimum absolute atomic E-state index is 0.0445. The number of ether oxygens (including phenoxy) is 2. The highest BCUT2D eigenvalue weighted by molar-refractivity contribution is 5.94. The highest BCUT2D eigenvalue weighted by atomic mass is 16.7. The topological polar surface area (TPSA) is 92.2 Å². The van der Waals surface area contributed by atoms with Crippen molar-refractivity contribution >= 4 is 17.6 Å². The molecule has 2 aromatic rings. The van der Waals surface area contributed by atoms with Gasteiger partial charge >= 0.3 is 5.97 Å². The molecule has 3 unspecified atom stereocenters. The van der Waals surface area contributed by atoms with Crippen molar-refractivity contribution in [2.75, 3.05) is 31.3 Å². The summed E-state index contributed by atoms with van der Waals surface area (Å²) in [6, 6.07) is 9.08. The van der Waals surface area contributed by atoms with Gasteiger partial charge in [0.2, 0.25) is 12.7 Å². The van der Waals surface area contributed by atoms with Crippen molar-refractivity contribution in [3.05, 3.63) is 59.9 Å². The number of hydrogen-bond acceptors (Lipinski definition) is 6. The lowest BCUT2D eigenvalue weighted by atomic mass is 9.77. The van der Waals surface area contributed by atoms with Gasteiger partial charge in [-0.1, -0.05) is 44.9 Å². The smallest absolute Gasteiger partial charge is 0.308 e. The molecule has 0 saturated carbocycles. The quantitative estimate of drug-likeness (QED) is 0.380. The fourth-order valence-corrected chi connectivity index (χ4v) is 6.09. The van der Waals surface area contributed by atoms with E-state index < -0.39 is 11.9 Å². The Morgan fingerprint density at radius 3 is 2.64 bits per heavy atom. The van der Waals surface area contributed by atoms with E-state index in [2.05, 4.69) is 50.6 Å². The summed E-state index contributed by atoms with van der Waals surface area (Å²) >= 11 is 0. The highest BCUT2D eigenvalue weighted by Gasteiger charge is 2.48. The third kappa shape index (κ3) is 6.79. The third-order valence-electron chi connectivity index (χ3n) is 7.61. The summed E-state index contributed by atoms with van der Waals surface area (Å²) in [5.74, 6) is -0.558. The van der Waals surface area contributed by atoms with Crippen molar-refractivity contribution < 1.29 is 24.2 Å². The van der Waals surface area contributed by atoms with E-state index in [0.717, 1.165) is 24.1 Å². The number of likely N-dealkylation sites (tertiary alicyclic amines) is 1. The first-order valence-electron chi connectivity index (χ1n) is 13.8. The third-order valence-corrected chi connectivity index (χ3v) is 7.61. The van der Waals surface area contributed by atoms with Crippen LogP contribution in [0, 0.1) is 11.3 Å². The molecule has 2 aliphatic heterocycles. The molecule has 1 saturated heterocycles. The largest absolute Gasteiger partial charge is 0.481 e. The lowest BCUT2D eigenvalue weighted by molar-refractivity contribution is -0.143. The number of carboxylic acids is 1. The van der Waals surface area contributed by atoms with Crippen LogP contribution in [-0.2, 0) is 9.59 Å². The summed E-state index contributed by atoms with van der Waals surface area (Å²) in [6.07, 6.45) is 8.05. The number of rotatable bonds is 11. The van der Waals surface area contributed by atoms with Gasteiger partial charge in [0, 0.05) is 31.2 Å². The van der Waals surface area contributed by atoms with Gasteiger partial charge in [0.1, 0.15) is 0 Å². The lowest BCUT2D eigenvalue weighted by Gasteiger charge is -2.34. The number of carbonyl (C=O) groups excluding carboxylic acids is 1. The van der Waals surface area contributed by atoms with Crippen LogP contribution in [0.15, 0.2) is 54.4 Å². The molecule has 0 radical (unpaired) electrons. The molecule has 0 spiro atoms. The Balaban J connectivity index is 1.68. The summed E-state index contributed by atoms with van der Waals surface area (Å²) in [7, 11) is 0. The van der Waals surface area contributed by atoms with Crippen molar-refractivity contribution in [2.45, 2.75) is 65.8 Å². The van der Waals surface area contributed by atoms with Gasteiger partial charge < -0.3 is 19.5 Å². The monoisotopic (exact) mass is 535 g/mol. The van der Waals surface area contributed by atoms with Gasteiger partial charge in [-0.25, -0.2) is 0 Å². The van der Waals surface area contributed by atoms with Crippen LogP contribution >= 0.6 is 0 Å². The Morgan fingerprint density at radius 2 is 1.97 bits per heavy atom. The van der Waals surface area contributed by atoms with Crippen molar-refractivity contribution in [2.24, 2.45) is 11.3 Å². The van der Waals surface area contributed by atoms with Crippen LogP contribution < -0.4 is 14.4 Å². The average Bonchev–Trinajstić information content (AvgIpc) is 3.48. The molecule has 0 aliphatic carbocycles. The molecule has 1 amide bonds. The minimum Gasteiger partial charge on any atom is -0.481 e. The molecule has 1 aromatic carbocycles. The zero-order valence-corrected chi connectivity index (χ0v) is 23.7. The fraction of sp³-hybridized carbons (Fsp3) is 0.516. The normalized spacial score (nSPS) is 20.6. The number of unbranched alkanes of at least 4 members (excludes halogenated alkanes) is 1. The van der Waals surface area contributed by atoms with Crippen LogP contribution in [0.25, 0.3) is 0 Å². The molecule has 1 aromatic heterocycles. The van der Waals surface area contributed by atoms with E-state index in [1.54, 1.807) is 17.3 Å². The average molecular weight is 536 g/mol. The molecule has 2 aliphatic rings. The Morgan fingerprint density at radius 1 is 1.21 bits per heavy atom. The Bertz CT molecular complexity index is 1190. The number of carboxylic acid groups (broad SMARTS) is 1. The molecule has 1 fully saturated rings. The van der Waals surface area contributed by atoms with E-state index in [9.17, 15) is 14.7 Å². The SMILES string of the molecule is CCCCN(C(=O)CN1CC(c2ccc3c(c2)OCO3)C(C(=O)O)C1CC(C)(C)C=C(C)C)c1cccnc1. The first-order valence-corrected chi connectivity index (χ1v) is 13.8. The van der Waals surface area contributed by atoms with Gasteiger partial charge in [-0.3, -0.25) is 19.5 Å². The molecule has 3 heterocycles. The second-order valence-electron chi connectivity index (χ2n) is 11.6. The van der Waals surface area contributed by atoms with Gasteiger partial charge in [-0.2, -0.15) is 0 Å². The van der Waals surface area contributed by atoms with Crippen LogP contribution in [0.5, 0.6) is 11.5 Å². The number of anilines is 1. The summed E-state index contributed by atoms with van der Waals surface area (Å²) in [5.41, 5.74) is 2.59. The Labute approximate surface area is 231 Å². The molecule has 4 rings (SSSR count). The molecule has 39 heavy (non-hydrogen) atoms. The maximum atomic E-state index is 13.8. The van der Waals surface area contributed by atoms with Crippen molar-refractivity contribution in [1.82, 2.24) is 9.88 Å².